The molecule has 3 aromatic heterocycles. The molecule has 16 heavy (non-hydrogen) atoms. The van der Waals surface area contributed by atoms with Gasteiger partial charge in [0.2, 0.25) is 0 Å². The van der Waals surface area contributed by atoms with Crippen LogP contribution in [0.3, 0.4) is 0 Å². The van der Waals surface area contributed by atoms with Gasteiger partial charge in [-0.2, -0.15) is 5.26 Å². The van der Waals surface area contributed by atoms with E-state index in [9.17, 15) is 0 Å². The van der Waals surface area contributed by atoms with Crippen molar-refractivity contribution in [1.29, 1.82) is 5.26 Å². The lowest BCUT2D eigenvalue weighted by Crippen LogP contribution is -1.88. The van der Waals surface area contributed by atoms with E-state index in [-0.39, 0.29) is 0 Å². The van der Waals surface area contributed by atoms with E-state index >= 15 is 0 Å². The van der Waals surface area contributed by atoms with E-state index in [2.05, 4.69) is 21.0 Å². The molecule has 0 saturated carbocycles. The minimum Gasteiger partial charge on any atom is -0.264 e. The number of fused-ring (bicyclic) bond motifs is 2. The van der Waals surface area contributed by atoms with E-state index in [1.807, 2.05) is 12.1 Å². The van der Waals surface area contributed by atoms with Gasteiger partial charge in [0.15, 0.2) is 5.65 Å². The van der Waals surface area contributed by atoms with E-state index in [1.165, 1.54) is 0 Å². The SMILES string of the molecule is N#Cc1ccnc2nc3ccncc3cc12. The first-order valence-corrected chi connectivity index (χ1v) is 4.78. The highest BCUT2D eigenvalue weighted by Crippen LogP contribution is 2.19. The highest BCUT2D eigenvalue weighted by molar-refractivity contribution is 5.93. The predicted octanol–water partition coefficient (Wildman–Crippen LogP) is 2.05. The van der Waals surface area contributed by atoms with Gasteiger partial charge in [0, 0.05) is 29.4 Å². The summed E-state index contributed by atoms with van der Waals surface area (Å²) in [7, 11) is 0. The molecule has 0 fully saturated rings. The Labute approximate surface area is 91.2 Å². The van der Waals surface area contributed by atoms with Gasteiger partial charge in [-0.1, -0.05) is 0 Å². The molecule has 0 aliphatic rings. The summed E-state index contributed by atoms with van der Waals surface area (Å²) in [4.78, 5) is 12.6. The molecule has 0 bridgehead atoms. The molecule has 0 N–H and O–H groups in total. The topological polar surface area (TPSA) is 62.5 Å². The number of hydrogen-bond acceptors (Lipinski definition) is 4. The Bertz CT molecular complexity index is 728. The van der Waals surface area contributed by atoms with Crippen LogP contribution >= 0.6 is 0 Å². The van der Waals surface area contributed by atoms with Gasteiger partial charge >= 0.3 is 0 Å². The number of nitrogens with zero attached hydrogens (tertiary/aromatic N) is 4. The first-order valence-electron chi connectivity index (χ1n) is 4.78. The molecule has 4 heteroatoms. The molecular weight excluding hydrogens is 200 g/mol. The maximum Gasteiger partial charge on any atom is 0.161 e. The van der Waals surface area contributed by atoms with Crippen LogP contribution < -0.4 is 0 Å². The van der Waals surface area contributed by atoms with E-state index in [4.69, 9.17) is 5.26 Å². The Morgan fingerprint density at radius 2 is 2.12 bits per heavy atom. The van der Waals surface area contributed by atoms with Gasteiger partial charge in [-0.25, -0.2) is 9.97 Å². The zero-order valence-electron chi connectivity index (χ0n) is 8.25. The molecule has 0 aliphatic carbocycles. The normalized spacial score (nSPS) is 10.4. The van der Waals surface area contributed by atoms with Crippen molar-refractivity contribution < 1.29 is 0 Å². The average Bonchev–Trinajstić information content (AvgIpc) is 2.35. The van der Waals surface area contributed by atoms with Crippen LogP contribution in [-0.4, -0.2) is 15.0 Å². The van der Waals surface area contributed by atoms with Gasteiger partial charge < -0.3 is 0 Å². The van der Waals surface area contributed by atoms with Crippen molar-refractivity contribution in [3.63, 3.8) is 0 Å². The molecule has 74 valence electrons. The fraction of sp³-hybridized carbons (Fsp3) is 0. The zero-order valence-corrected chi connectivity index (χ0v) is 8.25. The number of aromatic nitrogens is 3. The number of pyridine rings is 3. The molecule has 3 heterocycles. The van der Waals surface area contributed by atoms with Crippen molar-refractivity contribution in [3.8, 4) is 6.07 Å². The Morgan fingerprint density at radius 1 is 1.19 bits per heavy atom. The molecule has 0 aromatic carbocycles. The molecule has 0 radical (unpaired) electrons. The van der Waals surface area contributed by atoms with Crippen molar-refractivity contribution in [2.45, 2.75) is 0 Å². The average molecular weight is 206 g/mol. The van der Waals surface area contributed by atoms with E-state index < -0.39 is 0 Å². The van der Waals surface area contributed by atoms with Crippen molar-refractivity contribution in [2.24, 2.45) is 0 Å². The van der Waals surface area contributed by atoms with E-state index in [0.717, 1.165) is 16.3 Å². The predicted molar refractivity (Wildman–Crippen MR) is 59.6 cm³/mol. The first-order chi connectivity index (χ1) is 7.88. The molecule has 4 nitrogen and oxygen atoms in total. The minimum atomic E-state index is 0.586. The van der Waals surface area contributed by atoms with Gasteiger partial charge in [-0.15, -0.1) is 0 Å². The van der Waals surface area contributed by atoms with Gasteiger partial charge in [0.25, 0.3) is 0 Å². The highest BCUT2D eigenvalue weighted by Gasteiger charge is 2.04. The van der Waals surface area contributed by atoms with Gasteiger partial charge in [0.1, 0.15) is 0 Å². The Hall–Kier alpha value is -2.54. The lowest BCUT2D eigenvalue weighted by atomic mass is 10.1. The summed E-state index contributed by atoms with van der Waals surface area (Å²) < 4.78 is 0. The third-order valence-electron chi connectivity index (χ3n) is 2.44. The smallest absolute Gasteiger partial charge is 0.161 e. The standard InChI is InChI=1S/C12H6N4/c13-6-8-1-4-15-12-10(8)5-9-7-14-3-2-11(9)16-12/h1-5,7H. The van der Waals surface area contributed by atoms with Crippen LogP contribution in [0.25, 0.3) is 21.9 Å². The summed E-state index contributed by atoms with van der Waals surface area (Å²) in [6.07, 6.45) is 5.02. The summed E-state index contributed by atoms with van der Waals surface area (Å²) >= 11 is 0. The molecule has 0 unspecified atom stereocenters. The number of nitriles is 1. The maximum atomic E-state index is 8.99. The first kappa shape index (κ1) is 8.74. The molecule has 0 atom stereocenters. The monoisotopic (exact) mass is 206 g/mol. The van der Waals surface area contributed by atoms with Crippen molar-refractivity contribution in [2.75, 3.05) is 0 Å². The molecule has 0 amide bonds. The summed E-state index contributed by atoms with van der Waals surface area (Å²) in [6.45, 7) is 0. The van der Waals surface area contributed by atoms with Crippen LogP contribution in [0.1, 0.15) is 5.56 Å². The second-order valence-corrected chi connectivity index (χ2v) is 3.40. The second kappa shape index (κ2) is 3.24. The molecule has 3 rings (SSSR count). The molecule has 0 spiro atoms. The summed E-state index contributed by atoms with van der Waals surface area (Å²) in [6, 6.07) is 7.55. The molecule has 0 saturated heterocycles. The summed E-state index contributed by atoms with van der Waals surface area (Å²) in [5, 5.41) is 10.7. The van der Waals surface area contributed by atoms with Gasteiger partial charge in [-0.3, -0.25) is 4.98 Å². The maximum absolute atomic E-state index is 8.99. The lowest BCUT2D eigenvalue weighted by molar-refractivity contribution is 1.29. The van der Waals surface area contributed by atoms with Gasteiger partial charge in [-0.05, 0) is 18.2 Å². The molecular formula is C12H6N4. The third kappa shape index (κ3) is 1.19. The lowest BCUT2D eigenvalue weighted by Gasteiger charge is -2.00. The van der Waals surface area contributed by atoms with Crippen LogP contribution in [0.4, 0.5) is 0 Å². The second-order valence-electron chi connectivity index (χ2n) is 3.40. The van der Waals surface area contributed by atoms with Crippen LogP contribution in [0.15, 0.2) is 36.8 Å². The Morgan fingerprint density at radius 3 is 3.00 bits per heavy atom. The molecule has 3 aromatic rings. The van der Waals surface area contributed by atoms with Crippen LogP contribution in [0, 0.1) is 11.3 Å². The van der Waals surface area contributed by atoms with E-state index in [1.54, 1.807) is 24.7 Å². The Balaban J connectivity index is 2.52. The van der Waals surface area contributed by atoms with E-state index in [0.29, 0.717) is 11.2 Å². The fourth-order valence-corrected chi connectivity index (χ4v) is 1.67. The third-order valence-corrected chi connectivity index (χ3v) is 2.44. The quantitative estimate of drug-likeness (QED) is 0.528. The van der Waals surface area contributed by atoms with Crippen LogP contribution in [0.5, 0.6) is 0 Å². The van der Waals surface area contributed by atoms with Crippen molar-refractivity contribution in [1.82, 2.24) is 15.0 Å². The van der Waals surface area contributed by atoms with Crippen LogP contribution in [-0.2, 0) is 0 Å². The summed E-state index contributed by atoms with van der Waals surface area (Å²) in [5.41, 5.74) is 2.02. The number of rotatable bonds is 0. The van der Waals surface area contributed by atoms with Crippen molar-refractivity contribution in [3.05, 3.63) is 42.4 Å². The fourth-order valence-electron chi connectivity index (χ4n) is 1.67. The number of hydrogen-bond donors (Lipinski definition) is 0. The largest absolute Gasteiger partial charge is 0.264 e. The Kier molecular flexibility index (Phi) is 1.77. The van der Waals surface area contributed by atoms with Gasteiger partial charge in [0.05, 0.1) is 17.1 Å². The molecule has 0 aliphatic heterocycles. The summed E-state index contributed by atoms with van der Waals surface area (Å²) in [5.74, 6) is 0. The zero-order chi connectivity index (χ0) is 11.0. The van der Waals surface area contributed by atoms with Crippen molar-refractivity contribution >= 4 is 21.9 Å². The highest BCUT2D eigenvalue weighted by atomic mass is 14.8. The minimum absolute atomic E-state index is 0.586. The van der Waals surface area contributed by atoms with Crippen LogP contribution in [0.2, 0.25) is 0 Å².